The van der Waals surface area contributed by atoms with Gasteiger partial charge in [-0.15, -0.1) is 0 Å². The van der Waals surface area contributed by atoms with Crippen molar-refractivity contribution in [3.05, 3.63) is 29.8 Å². The fourth-order valence-electron chi connectivity index (χ4n) is 1.55. The van der Waals surface area contributed by atoms with E-state index in [0.717, 1.165) is 6.42 Å². The van der Waals surface area contributed by atoms with Crippen molar-refractivity contribution >= 4 is 16.7 Å². The highest BCUT2D eigenvalue weighted by Gasteiger charge is 2.05. The summed E-state index contributed by atoms with van der Waals surface area (Å²) in [4.78, 5) is 8.43. The molecule has 84 valence electrons. The standard InChI is InChI=1S/C11H13FN4/c12-7-3-4-9-8(6-7)11(14)16-10(15-9)2-1-5-13/h3-4,6H,1-2,5,13H2,(H2,14,15,16). The second kappa shape index (κ2) is 4.40. The van der Waals surface area contributed by atoms with Gasteiger partial charge in [-0.25, -0.2) is 14.4 Å². The summed E-state index contributed by atoms with van der Waals surface area (Å²) in [7, 11) is 0. The van der Waals surface area contributed by atoms with Crippen LogP contribution in [0.4, 0.5) is 10.2 Å². The average Bonchev–Trinajstić information content (AvgIpc) is 2.27. The fourth-order valence-corrected chi connectivity index (χ4v) is 1.55. The normalized spacial score (nSPS) is 10.9. The minimum atomic E-state index is -0.336. The van der Waals surface area contributed by atoms with E-state index in [4.69, 9.17) is 11.5 Å². The number of hydrogen-bond acceptors (Lipinski definition) is 4. The van der Waals surface area contributed by atoms with Crippen molar-refractivity contribution in [2.24, 2.45) is 5.73 Å². The summed E-state index contributed by atoms with van der Waals surface area (Å²) in [5, 5.41) is 0.552. The van der Waals surface area contributed by atoms with Gasteiger partial charge in [0.1, 0.15) is 17.5 Å². The number of halogens is 1. The van der Waals surface area contributed by atoms with Crippen LogP contribution in [0.25, 0.3) is 10.9 Å². The Morgan fingerprint density at radius 3 is 2.81 bits per heavy atom. The molecule has 0 atom stereocenters. The lowest BCUT2D eigenvalue weighted by Crippen LogP contribution is -2.05. The largest absolute Gasteiger partial charge is 0.383 e. The lowest BCUT2D eigenvalue weighted by atomic mass is 10.2. The molecule has 4 N–H and O–H groups in total. The number of anilines is 1. The van der Waals surface area contributed by atoms with Crippen molar-refractivity contribution in [2.75, 3.05) is 12.3 Å². The number of nitrogen functional groups attached to an aromatic ring is 1. The summed E-state index contributed by atoms with van der Waals surface area (Å²) in [6.45, 7) is 0.588. The van der Waals surface area contributed by atoms with E-state index >= 15 is 0 Å². The molecule has 2 rings (SSSR count). The van der Waals surface area contributed by atoms with Gasteiger partial charge >= 0.3 is 0 Å². The highest BCUT2D eigenvalue weighted by molar-refractivity contribution is 5.87. The lowest BCUT2D eigenvalue weighted by molar-refractivity contribution is 0.629. The van der Waals surface area contributed by atoms with E-state index in [2.05, 4.69) is 9.97 Å². The van der Waals surface area contributed by atoms with Crippen molar-refractivity contribution in [3.63, 3.8) is 0 Å². The zero-order valence-corrected chi connectivity index (χ0v) is 8.78. The molecule has 0 amide bonds. The number of hydrogen-bond donors (Lipinski definition) is 2. The first-order valence-corrected chi connectivity index (χ1v) is 5.12. The van der Waals surface area contributed by atoms with Crippen LogP contribution in [0.1, 0.15) is 12.2 Å². The van der Waals surface area contributed by atoms with Crippen molar-refractivity contribution in [1.82, 2.24) is 9.97 Å². The van der Waals surface area contributed by atoms with Gasteiger partial charge in [-0.3, -0.25) is 0 Å². The molecule has 0 saturated carbocycles. The van der Waals surface area contributed by atoms with Crippen LogP contribution < -0.4 is 11.5 Å². The topological polar surface area (TPSA) is 77.8 Å². The van der Waals surface area contributed by atoms with Gasteiger partial charge in [0.05, 0.1) is 5.52 Å². The maximum atomic E-state index is 13.0. The Morgan fingerprint density at radius 1 is 1.25 bits per heavy atom. The Bertz CT molecular complexity index is 513. The van der Waals surface area contributed by atoms with Crippen LogP contribution in [-0.4, -0.2) is 16.5 Å². The summed E-state index contributed by atoms with van der Waals surface area (Å²) in [6, 6.07) is 4.31. The molecule has 1 heterocycles. The molecule has 1 aromatic carbocycles. The van der Waals surface area contributed by atoms with Crippen molar-refractivity contribution in [3.8, 4) is 0 Å². The van der Waals surface area contributed by atoms with Gasteiger partial charge in [-0.1, -0.05) is 0 Å². The van der Waals surface area contributed by atoms with Crippen LogP contribution in [0.15, 0.2) is 18.2 Å². The summed E-state index contributed by atoms with van der Waals surface area (Å²) in [6.07, 6.45) is 1.50. The van der Waals surface area contributed by atoms with Crippen molar-refractivity contribution < 1.29 is 4.39 Å². The van der Waals surface area contributed by atoms with Gasteiger partial charge < -0.3 is 11.5 Å². The van der Waals surface area contributed by atoms with E-state index in [1.165, 1.54) is 12.1 Å². The molecule has 0 aliphatic heterocycles. The predicted molar refractivity (Wildman–Crippen MR) is 61.3 cm³/mol. The van der Waals surface area contributed by atoms with Crippen LogP contribution in [-0.2, 0) is 6.42 Å². The number of nitrogens with zero attached hydrogens (tertiary/aromatic N) is 2. The SMILES string of the molecule is NCCCc1nc(N)c2cc(F)ccc2n1. The Kier molecular flexibility index (Phi) is 2.96. The zero-order valence-electron chi connectivity index (χ0n) is 8.78. The van der Waals surface area contributed by atoms with Crippen molar-refractivity contribution in [1.29, 1.82) is 0 Å². The Labute approximate surface area is 92.5 Å². The Balaban J connectivity index is 2.46. The number of aromatic nitrogens is 2. The third-order valence-electron chi connectivity index (χ3n) is 2.34. The maximum Gasteiger partial charge on any atom is 0.135 e. The molecule has 1 aromatic heterocycles. The summed E-state index contributed by atoms with van der Waals surface area (Å²) >= 11 is 0. The molecule has 0 bridgehead atoms. The third kappa shape index (κ3) is 2.09. The summed E-state index contributed by atoms with van der Waals surface area (Å²) < 4.78 is 13.0. The average molecular weight is 220 g/mol. The molecule has 2 aromatic rings. The molecule has 0 aliphatic carbocycles. The van der Waals surface area contributed by atoms with Crippen LogP contribution in [0, 0.1) is 5.82 Å². The minimum Gasteiger partial charge on any atom is -0.383 e. The molecule has 0 radical (unpaired) electrons. The van der Waals surface area contributed by atoms with Gasteiger partial charge in [-0.05, 0) is 31.2 Å². The number of aryl methyl sites for hydroxylation is 1. The van der Waals surface area contributed by atoms with E-state index in [9.17, 15) is 4.39 Å². The molecular weight excluding hydrogens is 207 g/mol. The van der Waals surface area contributed by atoms with E-state index in [1.807, 2.05) is 0 Å². The van der Waals surface area contributed by atoms with Gasteiger partial charge in [0.15, 0.2) is 0 Å². The second-order valence-corrected chi connectivity index (χ2v) is 3.58. The van der Waals surface area contributed by atoms with E-state index in [0.29, 0.717) is 35.5 Å². The highest BCUT2D eigenvalue weighted by atomic mass is 19.1. The van der Waals surface area contributed by atoms with E-state index < -0.39 is 0 Å². The number of nitrogens with two attached hydrogens (primary N) is 2. The fraction of sp³-hybridized carbons (Fsp3) is 0.273. The quantitative estimate of drug-likeness (QED) is 0.815. The molecular formula is C11H13FN4. The number of benzene rings is 1. The first-order valence-electron chi connectivity index (χ1n) is 5.12. The first kappa shape index (κ1) is 10.8. The molecule has 4 nitrogen and oxygen atoms in total. The summed E-state index contributed by atoms with van der Waals surface area (Å²) in [5.41, 5.74) is 11.8. The van der Waals surface area contributed by atoms with Gasteiger partial charge in [0.2, 0.25) is 0 Å². The highest BCUT2D eigenvalue weighted by Crippen LogP contribution is 2.19. The molecule has 0 fully saturated rings. The number of rotatable bonds is 3. The van der Waals surface area contributed by atoms with Gasteiger partial charge in [0.25, 0.3) is 0 Å². The first-order chi connectivity index (χ1) is 7.70. The molecule has 0 aliphatic rings. The molecule has 5 heteroatoms. The van der Waals surface area contributed by atoms with E-state index in [1.54, 1.807) is 6.07 Å². The molecule has 16 heavy (non-hydrogen) atoms. The van der Waals surface area contributed by atoms with Crippen LogP contribution >= 0.6 is 0 Å². The number of fused-ring (bicyclic) bond motifs is 1. The van der Waals surface area contributed by atoms with Crippen LogP contribution in [0.3, 0.4) is 0 Å². The van der Waals surface area contributed by atoms with Crippen LogP contribution in [0.2, 0.25) is 0 Å². The van der Waals surface area contributed by atoms with Crippen molar-refractivity contribution in [2.45, 2.75) is 12.8 Å². The summed E-state index contributed by atoms with van der Waals surface area (Å²) in [5.74, 6) is 0.635. The zero-order chi connectivity index (χ0) is 11.5. The molecule has 0 saturated heterocycles. The van der Waals surface area contributed by atoms with Gasteiger partial charge in [0, 0.05) is 11.8 Å². The third-order valence-corrected chi connectivity index (χ3v) is 2.34. The second-order valence-electron chi connectivity index (χ2n) is 3.58. The molecule has 0 spiro atoms. The minimum absolute atomic E-state index is 0.316. The predicted octanol–water partition coefficient (Wildman–Crippen LogP) is 1.24. The lowest BCUT2D eigenvalue weighted by Gasteiger charge is -2.04. The van der Waals surface area contributed by atoms with Crippen LogP contribution in [0.5, 0.6) is 0 Å². The van der Waals surface area contributed by atoms with Gasteiger partial charge in [-0.2, -0.15) is 0 Å². The monoisotopic (exact) mass is 220 g/mol. The molecule has 0 unspecified atom stereocenters. The Hall–Kier alpha value is -1.75. The maximum absolute atomic E-state index is 13.0. The van der Waals surface area contributed by atoms with E-state index in [-0.39, 0.29) is 5.82 Å². The Morgan fingerprint density at radius 2 is 2.06 bits per heavy atom. The smallest absolute Gasteiger partial charge is 0.135 e.